The van der Waals surface area contributed by atoms with Gasteiger partial charge in [0, 0.05) is 24.3 Å². The Bertz CT molecular complexity index is 1370. The zero-order valence-electron chi connectivity index (χ0n) is 26.7. The van der Waals surface area contributed by atoms with E-state index in [4.69, 9.17) is 0 Å². The van der Waals surface area contributed by atoms with Gasteiger partial charge in [0.05, 0.1) is 6.04 Å². The summed E-state index contributed by atoms with van der Waals surface area (Å²) >= 11 is 0. The van der Waals surface area contributed by atoms with Crippen molar-refractivity contribution in [2.24, 2.45) is 5.41 Å². The van der Waals surface area contributed by atoms with Crippen LogP contribution in [-0.4, -0.2) is 81.7 Å². The first-order valence-electron chi connectivity index (χ1n) is 15.3. The first-order valence-corrected chi connectivity index (χ1v) is 15.3. The Morgan fingerprint density at radius 3 is 1.83 bits per heavy atom. The number of amides is 4. The van der Waals surface area contributed by atoms with Crippen molar-refractivity contribution in [3.8, 4) is 5.75 Å². The normalized spacial score (nSPS) is 17.8. The number of rotatable bonds is 14. The van der Waals surface area contributed by atoms with Crippen molar-refractivity contribution in [3.05, 3.63) is 54.1 Å². The Morgan fingerprint density at radius 2 is 1.33 bits per heavy atom. The molecule has 2 aromatic carbocycles. The van der Waals surface area contributed by atoms with Gasteiger partial charge in [-0.05, 0) is 79.6 Å². The predicted octanol–water partition coefficient (Wildman–Crippen LogP) is 3.96. The van der Waals surface area contributed by atoms with Crippen molar-refractivity contribution in [1.29, 1.82) is 0 Å². The molecule has 0 aliphatic carbocycles. The second-order valence-corrected chi connectivity index (χ2v) is 13.0. The molecule has 1 aliphatic rings. The highest BCUT2D eigenvalue weighted by Gasteiger charge is 2.36. The number of aliphatic carboxylic acids is 2. The number of anilines is 2. The molecule has 4 atom stereocenters. The lowest BCUT2D eigenvalue weighted by Crippen LogP contribution is -2.48. The monoisotopic (exact) mass is 639 g/mol. The third-order valence-electron chi connectivity index (χ3n) is 7.79. The lowest BCUT2D eigenvalue weighted by atomic mass is 9.91. The summed E-state index contributed by atoms with van der Waals surface area (Å²) in [5.41, 5.74) is 1.79. The second kappa shape index (κ2) is 16.1. The smallest absolute Gasteiger partial charge is 0.326 e. The molecular weight excluding hydrogens is 594 g/mol. The van der Waals surface area contributed by atoms with Gasteiger partial charge in [-0.3, -0.25) is 14.5 Å². The van der Waals surface area contributed by atoms with Crippen LogP contribution in [0.5, 0.6) is 5.75 Å². The minimum atomic E-state index is -1.17. The molecule has 250 valence electrons. The summed E-state index contributed by atoms with van der Waals surface area (Å²) in [5.74, 6) is -2.94. The fraction of sp³-hybridized carbons (Fsp3) is 0.485. The molecule has 2 aromatic rings. The van der Waals surface area contributed by atoms with Gasteiger partial charge in [-0.2, -0.15) is 0 Å². The molecule has 0 bridgehead atoms. The van der Waals surface area contributed by atoms with E-state index in [1.165, 1.54) is 12.1 Å². The molecule has 13 heteroatoms. The number of phenols is 1. The molecule has 1 aliphatic heterocycles. The lowest BCUT2D eigenvalue weighted by molar-refractivity contribution is -0.143. The number of benzene rings is 2. The molecular formula is C33H45N5O8. The maximum Gasteiger partial charge on any atom is 0.326 e. The Morgan fingerprint density at radius 1 is 0.826 bits per heavy atom. The van der Waals surface area contributed by atoms with E-state index in [-0.39, 0.29) is 48.2 Å². The van der Waals surface area contributed by atoms with Gasteiger partial charge in [-0.1, -0.05) is 45.7 Å². The molecule has 0 spiro atoms. The van der Waals surface area contributed by atoms with E-state index in [9.17, 15) is 39.3 Å². The summed E-state index contributed by atoms with van der Waals surface area (Å²) in [7, 11) is 1.81. The Balaban J connectivity index is 1.47. The number of carboxylic acid groups (broad SMARTS) is 2. The molecule has 1 fully saturated rings. The molecule has 46 heavy (non-hydrogen) atoms. The fourth-order valence-electron chi connectivity index (χ4n) is 5.43. The second-order valence-electron chi connectivity index (χ2n) is 13.0. The average Bonchev–Trinajstić information content (AvgIpc) is 3.35. The summed E-state index contributed by atoms with van der Waals surface area (Å²) in [4.78, 5) is 63.1. The van der Waals surface area contributed by atoms with E-state index in [1.807, 2.05) is 44.9 Å². The number of urea groups is 1. The number of phenolic OH excluding ortho intramolecular Hbond substituents is 1. The zero-order chi connectivity index (χ0) is 34.0. The van der Waals surface area contributed by atoms with Gasteiger partial charge in [-0.25, -0.2) is 14.4 Å². The van der Waals surface area contributed by atoms with E-state index in [0.717, 1.165) is 5.56 Å². The highest BCUT2D eigenvalue weighted by molar-refractivity contribution is 5.99. The van der Waals surface area contributed by atoms with Crippen molar-refractivity contribution >= 4 is 41.2 Å². The number of carboxylic acids is 2. The first-order chi connectivity index (χ1) is 21.6. The number of nitrogens with zero attached hydrogens (tertiary/aromatic N) is 1. The van der Waals surface area contributed by atoms with Crippen molar-refractivity contribution in [2.45, 2.75) is 83.3 Å². The Kier molecular flexibility index (Phi) is 12.5. The summed E-state index contributed by atoms with van der Waals surface area (Å²) in [6, 6.07) is 10.2. The molecule has 0 aromatic heterocycles. The number of nitrogens with one attached hydrogen (secondary N) is 4. The van der Waals surface area contributed by atoms with Crippen LogP contribution in [0.25, 0.3) is 0 Å². The number of likely N-dealkylation sites (tertiary alicyclic amines) is 1. The number of carbonyl (C=O) groups excluding carboxylic acids is 3. The van der Waals surface area contributed by atoms with Gasteiger partial charge in [0.1, 0.15) is 17.8 Å². The van der Waals surface area contributed by atoms with Crippen LogP contribution in [0, 0.1) is 5.41 Å². The van der Waals surface area contributed by atoms with E-state index >= 15 is 0 Å². The van der Waals surface area contributed by atoms with E-state index in [0.29, 0.717) is 37.2 Å². The molecule has 4 amide bonds. The van der Waals surface area contributed by atoms with Crippen LogP contribution in [0.4, 0.5) is 16.2 Å². The summed E-state index contributed by atoms with van der Waals surface area (Å²) in [5, 5.41) is 39.2. The van der Waals surface area contributed by atoms with Gasteiger partial charge in [0.2, 0.25) is 11.8 Å². The van der Waals surface area contributed by atoms with Crippen LogP contribution < -0.4 is 21.3 Å². The zero-order valence-corrected chi connectivity index (χ0v) is 26.7. The topological polar surface area (TPSA) is 197 Å². The number of likely N-dealkylation sites (N-methyl/N-ethyl adjacent to an activating group) is 1. The highest BCUT2D eigenvalue weighted by atomic mass is 16.4. The van der Waals surface area contributed by atoms with E-state index < -0.39 is 36.1 Å². The minimum Gasteiger partial charge on any atom is -0.508 e. The average molecular weight is 640 g/mol. The third kappa shape index (κ3) is 11.4. The molecule has 1 saturated heterocycles. The summed E-state index contributed by atoms with van der Waals surface area (Å²) in [6.07, 6.45) is 1.66. The van der Waals surface area contributed by atoms with Crippen LogP contribution in [0.2, 0.25) is 0 Å². The molecule has 7 N–H and O–H groups in total. The molecule has 0 radical (unpaired) electrons. The number of unbranched alkanes of at least 4 members (excludes halogenated alkanes) is 1. The van der Waals surface area contributed by atoms with Crippen LogP contribution in [0.3, 0.4) is 0 Å². The minimum absolute atomic E-state index is 0.0188. The first kappa shape index (κ1) is 35.8. The van der Waals surface area contributed by atoms with Crippen molar-refractivity contribution in [3.63, 3.8) is 0 Å². The fourth-order valence-corrected chi connectivity index (χ4v) is 5.43. The predicted molar refractivity (Wildman–Crippen MR) is 173 cm³/mol. The van der Waals surface area contributed by atoms with Crippen LogP contribution >= 0.6 is 0 Å². The Hall–Kier alpha value is -4.65. The standard InChI is InChI=1S/C33H45N5O8/c1-33(2,3)18-28(40)36-25(30(42)43)7-5-6-8-26(31(44)45)37-29(41)27-17-21(19-38(27)4)20-9-11-22(12-10-20)34-32(46)35-23-13-15-24(39)16-14-23/h9-16,21,25-27,39H,5-8,17-19H2,1-4H3,(H,36,40)(H,37,41)(H,42,43)(H,44,45)(H2,34,35,46). The third-order valence-corrected chi connectivity index (χ3v) is 7.79. The molecule has 0 saturated carbocycles. The maximum absolute atomic E-state index is 13.1. The molecule has 13 nitrogen and oxygen atoms in total. The number of hydrogen-bond donors (Lipinski definition) is 7. The number of hydrogen-bond acceptors (Lipinski definition) is 7. The lowest BCUT2D eigenvalue weighted by Gasteiger charge is -2.22. The SMILES string of the molecule is CN1CC(c2ccc(NC(=O)Nc3ccc(O)cc3)cc2)CC1C(=O)NC(CCCCC(NC(=O)CC(C)(C)C)C(=O)O)C(=O)O. The van der Waals surface area contributed by atoms with Crippen molar-refractivity contribution in [2.75, 3.05) is 24.2 Å². The van der Waals surface area contributed by atoms with Gasteiger partial charge in [-0.15, -0.1) is 0 Å². The van der Waals surface area contributed by atoms with Crippen LogP contribution in [0.1, 0.15) is 70.8 Å². The van der Waals surface area contributed by atoms with Crippen molar-refractivity contribution < 1.29 is 39.3 Å². The Labute approximate surface area is 268 Å². The number of carbonyl (C=O) groups is 5. The maximum atomic E-state index is 13.1. The molecule has 1 heterocycles. The van der Waals surface area contributed by atoms with Gasteiger partial charge < -0.3 is 36.6 Å². The summed E-state index contributed by atoms with van der Waals surface area (Å²) < 4.78 is 0. The number of aromatic hydroxyl groups is 1. The van der Waals surface area contributed by atoms with Crippen LogP contribution in [0.15, 0.2) is 48.5 Å². The quantitative estimate of drug-likeness (QED) is 0.118. The van der Waals surface area contributed by atoms with Gasteiger partial charge in [0.25, 0.3) is 0 Å². The van der Waals surface area contributed by atoms with Gasteiger partial charge >= 0.3 is 18.0 Å². The molecule has 3 rings (SSSR count). The van der Waals surface area contributed by atoms with E-state index in [1.54, 1.807) is 24.3 Å². The van der Waals surface area contributed by atoms with E-state index in [2.05, 4.69) is 21.3 Å². The van der Waals surface area contributed by atoms with Gasteiger partial charge in [0.15, 0.2) is 0 Å². The highest BCUT2D eigenvalue weighted by Crippen LogP contribution is 2.32. The largest absolute Gasteiger partial charge is 0.508 e. The van der Waals surface area contributed by atoms with Crippen LogP contribution in [-0.2, 0) is 19.2 Å². The van der Waals surface area contributed by atoms with Crippen molar-refractivity contribution in [1.82, 2.24) is 15.5 Å². The summed E-state index contributed by atoms with van der Waals surface area (Å²) in [6.45, 7) is 6.23. The molecule has 4 unspecified atom stereocenters.